The molecule has 2 heterocycles. The van der Waals surface area contributed by atoms with Crippen LogP contribution >= 0.6 is 11.6 Å². The summed E-state index contributed by atoms with van der Waals surface area (Å²) in [6.07, 6.45) is -5.12. The smallest absolute Gasteiger partial charge is 0.417 e. The Hall–Kier alpha value is -4.39. The minimum absolute atomic E-state index is 0.0342. The molecule has 0 aliphatic rings. The number of nitrogens with zero attached hydrogens (tertiary/aromatic N) is 4. The van der Waals surface area contributed by atoms with Gasteiger partial charge in [-0.2, -0.15) is 13.2 Å². The van der Waals surface area contributed by atoms with E-state index in [0.29, 0.717) is 6.07 Å². The number of benzene rings is 2. The number of hydrogen-bond donors (Lipinski definition) is 1. The van der Waals surface area contributed by atoms with Crippen molar-refractivity contribution >= 4 is 40.3 Å². The van der Waals surface area contributed by atoms with Crippen LogP contribution in [0.5, 0.6) is 0 Å². The van der Waals surface area contributed by atoms with E-state index in [2.05, 4.69) is 10.3 Å². The number of esters is 1. The lowest BCUT2D eigenvalue weighted by Gasteiger charge is -2.19. The number of hydrogen-bond acceptors (Lipinski definition) is 6. The van der Waals surface area contributed by atoms with Gasteiger partial charge in [-0.15, -0.1) is 0 Å². The first-order valence-corrected chi connectivity index (χ1v) is 11.3. The molecule has 0 saturated carbocycles. The van der Waals surface area contributed by atoms with Crippen molar-refractivity contribution in [1.29, 1.82) is 0 Å². The highest BCUT2D eigenvalue weighted by Crippen LogP contribution is 2.36. The Bertz CT molecular complexity index is 1660. The number of aryl methyl sites for hydroxylation is 1. The fourth-order valence-corrected chi connectivity index (χ4v) is 3.98. The lowest BCUT2D eigenvalue weighted by molar-refractivity contribution is -0.155. The van der Waals surface area contributed by atoms with Crippen LogP contribution < -0.4 is 16.6 Å². The van der Waals surface area contributed by atoms with Gasteiger partial charge in [-0.25, -0.2) is 9.78 Å². The number of imidazole rings is 1. The normalized spacial score (nSPS) is 12.4. The van der Waals surface area contributed by atoms with Crippen molar-refractivity contribution in [3.05, 3.63) is 91.8 Å². The summed E-state index contributed by atoms with van der Waals surface area (Å²) in [7, 11) is 2.69. The SMILES string of the molecule is Cn1c(=O)c2c(ncn2CC(=O)OC(C(=O)Nc2ccc(Cl)c(C(F)(F)F)c2)c2ccccc2)n(C)c1=O. The summed E-state index contributed by atoms with van der Waals surface area (Å²) < 4.78 is 48.3. The summed E-state index contributed by atoms with van der Waals surface area (Å²) >= 11 is 5.64. The topological polar surface area (TPSA) is 117 Å². The van der Waals surface area contributed by atoms with E-state index in [4.69, 9.17) is 16.3 Å². The van der Waals surface area contributed by atoms with Gasteiger partial charge in [0.15, 0.2) is 11.2 Å². The fraction of sp³-hybridized carbons (Fsp3) is 0.208. The molecular formula is C24H19ClF3N5O5. The summed E-state index contributed by atoms with van der Waals surface area (Å²) in [6.45, 7) is -0.542. The summed E-state index contributed by atoms with van der Waals surface area (Å²) in [4.78, 5) is 54.7. The van der Waals surface area contributed by atoms with Gasteiger partial charge in [0, 0.05) is 25.3 Å². The molecular weight excluding hydrogens is 531 g/mol. The minimum Gasteiger partial charge on any atom is -0.446 e. The highest BCUT2D eigenvalue weighted by Gasteiger charge is 2.34. The first-order valence-electron chi connectivity index (χ1n) is 10.9. The molecule has 198 valence electrons. The molecule has 2 aromatic carbocycles. The van der Waals surface area contributed by atoms with Crippen molar-refractivity contribution in [1.82, 2.24) is 18.7 Å². The van der Waals surface area contributed by atoms with Crippen molar-refractivity contribution in [2.45, 2.75) is 18.8 Å². The van der Waals surface area contributed by atoms with E-state index in [1.165, 1.54) is 43.2 Å². The molecule has 2 aromatic heterocycles. The van der Waals surface area contributed by atoms with Crippen LogP contribution in [-0.4, -0.2) is 30.6 Å². The van der Waals surface area contributed by atoms with Gasteiger partial charge in [0.1, 0.15) is 6.54 Å². The molecule has 1 amide bonds. The molecule has 10 nitrogen and oxygen atoms in total. The number of carbonyl (C=O) groups excluding carboxylic acids is 2. The average molecular weight is 550 g/mol. The van der Waals surface area contributed by atoms with Crippen molar-refractivity contribution in [3.8, 4) is 0 Å². The van der Waals surface area contributed by atoms with Crippen LogP contribution in [-0.2, 0) is 41.1 Å². The van der Waals surface area contributed by atoms with E-state index in [-0.39, 0.29) is 22.4 Å². The number of amides is 1. The number of ether oxygens (including phenoxy) is 1. The average Bonchev–Trinajstić information content (AvgIpc) is 3.29. The number of halogens is 4. The molecule has 4 rings (SSSR count). The predicted octanol–water partition coefficient (Wildman–Crippen LogP) is 3.03. The van der Waals surface area contributed by atoms with Gasteiger partial charge >= 0.3 is 17.8 Å². The van der Waals surface area contributed by atoms with Gasteiger partial charge in [0.2, 0.25) is 6.10 Å². The second-order valence-corrected chi connectivity index (χ2v) is 8.62. The van der Waals surface area contributed by atoms with E-state index in [1.54, 1.807) is 18.2 Å². The number of nitrogens with one attached hydrogen (secondary N) is 1. The van der Waals surface area contributed by atoms with Crippen LogP contribution in [0.4, 0.5) is 18.9 Å². The number of fused-ring (bicyclic) bond motifs is 1. The molecule has 38 heavy (non-hydrogen) atoms. The second kappa shape index (κ2) is 10.2. The van der Waals surface area contributed by atoms with E-state index >= 15 is 0 Å². The lowest BCUT2D eigenvalue weighted by Crippen LogP contribution is -2.37. The van der Waals surface area contributed by atoms with Gasteiger partial charge in [-0.05, 0) is 18.2 Å². The number of rotatable bonds is 6. The largest absolute Gasteiger partial charge is 0.446 e. The maximum absolute atomic E-state index is 13.2. The standard InChI is InChI=1S/C24H19ClF3N5O5/c1-31-20-18(22(36)32(2)23(31)37)33(12-29-20)11-17(34)38-19(13-6-4-3-5-7-13)21(35)30-14-8-9-16(25)15(10-14)24(26,27)28/h3-10,12,19H,11H2,1-2H3,(H,30,35). The van der Waals surface area contributed by atoms with Crippen molar-refractivity contribution < 1.29 is 27.5 Å². The Kier molecular flexibility index (Phi) is 7.14. The van der Waals surface area contributed by atoms with Crippen LogP contribution in [0.3, 0.4) is 0 Å². The molecule has 0 aliphatic heterocycles. The summed E-state index contributed by atoms with van der Waals surface area (Å²) in [6, 6.07) is 10.7. The maximum atomic E-state index is 13.2. The van der Waals surface area contributed by atoms with Gasteiger partial charge in [-0.3, -0.25) is 23.5 Å². The predicted molar refractivity (Wildman–Crippen MR) is 131 cm³/mol. The Morgan fingerprint density at radius 1 is 1.08 bits per heavy atom. The van der Waals surface area contributed by atoms with E-state index < -0.39 is 52.5 Å². The minimum atomic E-state index is -4.75. The van der Waals surface area contributed by atoms with E-state index in [1.807, 2.05) is 0 Å². The van der Waals surface area contributed by atoms with Gasteiger partial charge in [0.05, 0.1) is 16.9 Å². The molecule has 0 fully saturated rings. The van der Waals surface area contributed by atoms with Crippen molar-refractivity contribution in [2.24, 2.45) is 14.1 Å². The Morgan fingerprint density at radius 2 is 1.76 bits per heavy atom. The molecule has 4 aromatic rings. The number of alkyl halides is 3. The Morgan fingerprint density at radius 3 is 2.42 bits per heavy atom. The summed E-state index contributed by atoms with van der Waals surface area (Å²) in [5.74, 6) is -1.87. The zero-order valence-electron chi connectivity index (χ0n) is 19.8. The van der Waals surface area contributed by atoms with Crippen LogP contribution in [0, 0.1) is 0 Å². The zero-order valence-corrected chi connectivity index (χ0v) is 20.6. The van der Waals surface area contributed by atoms with Crippen molar-refractivity contribution in [3.63, 3.8) is 0 Å². The first-order chi connectivity index (χ1) is 17.9. The van der Waals surface area contributed by atoms with Gasteiger partial charge in [0.25, 0.3) is 11.5 Å². The third-order valence-corrected chi connectivity index (χ3v) is 5.98. The summed E-state index contributed by atoms with van der Waals surface area (Å²) in [5, 5.41) is 1.78. The Balaban J connectivity index is 1.62. The molecule has 0 saturated heterocycles. The lowest BCUT2D eigenvalue weighted by atomic mass is 10.1. The van der Waals surface area contributed by atoms with Crippen LogP contribution in [0.2, 0.25) is 5.02 Å². The Labute approximate surface area is 216 Å². The molecule has 0 radical (unpaired) electrons. The molecule has 0 aliphatic carbocycles. The number of anilines is 1. The fourth-order valence-electron chi connectivity index (χ4n) is 3.75. The van der Waals surface area contributed by atoms with Crippen molar-refractivity contribution in [2.75, 3.05) is 5.32 Å². The number of carbonyl (C=O) groups is 2. The molecule has 0 spiro atoms. The third kappa shape index (κ3) is 5.18. The molecule has 1 atom stereocenters. The number of aromatic nitrogens is 4. The highest BCUT2D eigenvalue weighted by molar-refractivity contribution is 6.31. The molecule has 0 bridgehead atoms. The summed E-state index contributed by atoms with van der Waals surface area (Å²) in [5.41, 5.74) is -2.39. The first kappa shape index (κ1) is 26.7. The van der Waals surface area contributed by atoms with E-state index in [9.17, 15) is 32.3 Å². The molecule has 14 heteroatoms. The molecule has 1 N–H and O–H groups in total. The van der Waals surface area contributed by atoms with Gasteiger partial charge < -0.3 is 14.6 Å². The monoisotopic (exact) mass is 549 g/mol. The second-order valence-electron chi connectivity index (χ2n) is 8.21. The maximum Gasteiger partial charge on any atom is 0.417 e. The quantitative estimate of drug-likeness (QED) is 0.370. The van der Waals surface area contributed by atoms with E-state index in [0.717, 1.165) is 15.2 Å². The van der Waals surface area contributed by atoms with Gasteiger partial charge in [-0.1, -0.05) is 41.9 Å². The van der Waals surface area contributed by atoms with Crippen LogP contribution in [0.1, 0.15) is 17.2 Å². The third-order valence-electron chi connectivity index (χ3n) is 5.65. The zero-order chi connectivity index (χ0) is 27.8. The highest BCUT2D eigenvalue weighted by atomic mass is 35.5. The van der Waals surface area contributed by atoms with Crippen LogP contribution in [0.15, 0.2) is 64.4 Å². The molecule has 1 unspecified atom stereocenters. The van der Waals surface area contributed by atoms with Crippen LogP contribution in [0.25, 0.3) is 11.2 Å².